The van der Waals surface area contributed by atoms with Crippen LogP contribution in [0.1, 0.15) is 6.92 Å². The number of hydrogen-bond acceptors (Lipinski definition) is 1. The van der Waals surface area contributed by atoms with Crippen molar-refractivity contribution in [2.24, 2.45) is 4.40 Å². The molecule has 0 aromatic carbocycles. The normalized spacial score (nSPS) is 13.5. The summed E-state index contributed by atoms with van der Waals surface area (Å²) in [5, 5.41) is 0. The van der Waals surface area contributed by atoms with E-state index in [2.05, 4.69) is 11.1 Å². The first-order chi connectivity index (χ1) is 2.81. The van der Waals surface area contributed by atoms with E-state index in [1.165, 1.54) is 0 Å². The molecule has 0 fully saturated rings. The smallest absolute Gasteiger partial charge is 0.138 e. The number of nitrogens with zero attached hydrogens (tertiary/aromatic N) is 1. The van der Waals surface area contributed by atoms with E-state index in [4.69, 9.17) is 0 Å². The van der Waals surface area contributed by atoms with Crippen LogP contribution in [0.15, 0.2) is 4.40 Å². The Morgan fingerprint density at radius 2 is 2.50 bits per heavy atom. The Bertz CT molecular complexity index is 71.2. The van der Waals surface area contributed by atoms with Gasteiger partial charge in [0.25, 0.3) is 0 Å². The molecule has 1 atom stereocenters. The molecule has 0 aromatic rings. The maximum Gasteiger partial charge on any atom is 0.138 e. The van der Waals surface area contributed by atoms with Gasteiger partial charge in [-0.2, -0.15) is 0 Å². The number of hydrogen-bond donors (Lipinski definition) is 0. The molecule has 6 heavy (non-hydrogen) atoms. The fourth-order valence-electron chi connectivity index (χ4n) is 0.0913. The van der Waals surface area contributed by atoms with Crippen molar-refractivity contribution in [2.75, 3.05) is 5.75 Å². The first-order valence-corrected chi connectivity index (χ1v) is 2.94. The van der Waals surface area contributed by atoms with Crippen molar-refractivity contribution in [3.8, 4) is 0 Å². The predicted octanol–water partition coefficient (Wildman–Crippen LogP) is 0.371. The van der Waals surface area contributed by atoms with Gasteiger partial charge in [-0.05, 0) is 0 Å². The van der Waals surface area contributed by atoms with Gasteiger partial charge in [-0.15, -0.1) is 0 Å². The second kappa shape index (κ2) is 3.03. The Morgan fingerprint density at radius 1 is 2.00 bits per heavy atom. The summed E-state index contributed by atoms with van der Waals surface area (Å²) in [5.74, 6) is 0.573. The average Bonchev–Trinajstić information content (AvgIpc) is 1.65. The van der Waals surface area contributed by atoms with Crippen LogP contribution in [0.4, 0.5) is 0 Å². The van der Waals surface area contributed by atoms with Gasteiger partial charge in [-0.25, -0.2) is 8.61 Å². The van der Waals surface area contributed by atoms with E-state index in [9.17, 15) is 4.21 Å². The highest BCUT2D eigenvalue weighted by atomic mass is 32.2. The zero-order valence-corrected chi connectivity index (χ0v) is 4.49. The van der Waals surface area contributed by atoms with Crippen LogP contribution in [-0.4, -0.2) is 16.7 Å². The minimum absolute atomic E-state index is 0.573. The van der Waals surface area contributed by atoms with Crippen molar-refractivity contribution >= 4 is 17.7 Å². The van der Waals surface area contributed by atoms with Gasteiger partial charge in [0.15, 0.2) is 0 Å². The summed E-state index contributed by atoms with van der Waals surface area (Å²) in [6.07, 6.45) is 0. The van der Waals surface area contributed by atoms with Crippen LogP contribution in [0.25, 0.3) is 0 Å². The topological polar surface area (TPSA) is 29.4 Å². The quantitative estimate of drug-likeness (QED) is 0.466. The largest absolute Gasteiger partial charge is 0.235 e. The van der Waals surface area contributed by atoms with E-state index in [1.807, 2.05) is 0 Å². The number of rotatable bonds is 2. The van der Waals surface area contributed by atoms with E-state index < -0.39 is 11.0 Å². The molecule has 0 heterocycles. The zero-order chi connectivity index (χ0) is 4.99. The molecule has 0 aliphatic heterocycles. The van der Waals surface area contributed by atoms with Crippen LogP contribution in [0, 0.1) is 0 Å². The van der Waals surface area contributed by atoms with Gasteiger partial charge in [-0.3, -0.25) is 0 Å². The highest BCUT2D eigenvalue weighted by Gasteiger charge is 1.80. The Kier molecular flexibility index (Phi) is 2.94. The summed E-state index contributed by atoms with van der Waals surface area (Å²) in [5.41, 5.74) is 0. The third-order valence-corrected chi connectivity index (χ3v) is 1.17. The maximum absolute atomic E-state index is 10.1. The van der Waals surface area contributed by atoms with Crippen LogP contribution in [0.3, 0.4) is 0 Å². The van der Waals surface area contributed by atoms with Gasteiger partial charge in [0.1, 0.15) is 11.0 Å². The van der Waals surface area contributed by atoms with E-state index >= 15 is 0 Å². The van der Waals surface area contributed by atoms with Crippen molar-refractivity contribution in [1.29, 1.82) is 0 Å². The van der Waals surface area contributed by atoms with Gasteiger partial charge in [0.05, 0.1) is 0 Å². The van der Waals surface area contributed by atoms with Crippen molar-refractivity contribution in [2.45, 2.75) is 6.92 Å². The molecule has 0 radical (unpaired) electrons. The monoisotopic (exact) mass is 105 g/mol. The van der Waals surface area contributed by atoms with E-state index in [1.54, 1.807) is 6.92 Å². The average molecular weight is 105 g/mol. The van der Waals surface area contributed by atoms with Crippen molar-refractivity contribution < 1.29 is 4.21 Å². The summed E-state index contributed by atoms with van der Waals surface area (Å²) in [6.45, 7) is 4.88. The second-order valence-electron chi connectivity index (χ2n) is 0.739. The summed E-state index contributed by atoms with van der Waals surface area (Å²) >= 11 is 0. The second-order valence-corrected chi connectivity index (χ2v) is 2.22. The molecule has 0 rings (SSSR count). The summed E-state index contributed by atoms with van der Waals surface area (Å²) in [4.78, 5) is 0. The van der Waals surface area contributed by atoms with Crippen LogP contribution >= 0.6 is 0 Å². The first-order valence-electron chi connectivity index (χ1n) is 1.66. The molecule has 3 heteroatoms. The van der Waals surface area contributed by atoms with Gasteiger partial charge in [0, 0.05) is 12.5 Å². The van der Waals surface area contributed by atoms with Crippen molar-refractivity contribution in [1.82, 2.24) is 0 Å². The molecular weight excluding hydrogens is 98.1 g/mol. The lowest BCUT2D eigenvalue weighted by Gasteiger charge is -1.77. The molecule has 0 amide bonds. The molecule has 0 aromatic heterocycles. The van der Waals surface area contributed by atoms with Crippen LogP contribution < -0.4 is 0 Å². The Balaban J connectivity index is 3.23. The highest BCUT2D eigenvalue weighted by Crippen LogP contribution is 1.75. The van der Waals surface area contributed by atoms with E-state index in [0.717, 1.165) is 0 Å². The van der Waals surface area contributed by atoms with Crippen LogP contribution in [-0.2, 0) is 11.0 Å². The molecule has 0 N–H and O–H groups in total. The van der Waals surface area contributed by atoms with E-state index in [-0.39, 0.29) is 0 Å². The van der Waals surface area contributed by atoms with Crippen LogP contribution in [0.5, 0.6) is 0 Å². The molecule has 0 spiro atoms. The van der Waals surface area contributed by atoms with Crippen molar-refractivity contribution in [3.63, 3.8) is 0 Å². The maximum atomic E-state index is 10.1. The standard InChI is InChI=1S/C3H7NOS/c1-3-6(5)4-2/h2-3H2,1H3. The van der Waals surface area contributed by atoms with Gasteiger partial charge in [-0.1, -0.05) is 6.92 Å². The summed E-state index contributed by atoms with van der Waals surface area (Å²) < 4.78 is 13.3. The van der Waals surface area contributed by atoms with Gasteiger partial charge >= 0.3 is 0 Å². The molecule has 0 saturated heterocycles. The minimum atomic E-state index is -1.02. The Labute approximate surface area is 39.9 Å². The third-order valence-electron chi connectivity index (χ3n) is 0.391. The third kappa shape index (κ3) is 2.08. The predicted molar refractivity (Wildman–Crippen MR) is 28.2 cm³/mol. The molecule has 0 aliphatic carbocycles. The lowest BCUT2D eigenvalue weighted by Crippen LogP contribution is -1.83. The van der Waals surface area contributed by atoms with Gasteiger partial charge in [0.2, 0.25) is 0 Å². The molecule has 36 valence electrons. The van der Waals surface area contributed by atoms with Crippen LogP contribution in [0.2, 0.25) is 0 Å². The fraction of sp³-hybridized carbons (Fsp3) is 0.667. The molecule has 2 nitrogen and oxygen atoms in total. The fourth-order valence-corrected chi connectivity index (χ4v) is 0.274. The lowest BCUT2D eigenvalue weighted by molar-refractivity contribution is 0.685. The molecule has 0 aliphatic rings. The summed E-state index contributed by atoms with van der Waals surface area (Å²) in [6, 6.07) is 0. The van der Waals surface area contributed by atoms with E-state index in [0.29, 0.717) is 5.75 Å². The minimum Gasteiger partial charge on any atom is -0.235 e. The SMILES string of the molecule is C=NS(=O)CC. The molecule has 0 saturated carbocycles. The Hall–Kier alpha value is -0.180. The summed E-state index contributed by atoms with van der Waals surface area (Å²) in [7, 11) is -1.02. The highest BCUT2D eigenvalue weighted by molar-refractivity contribution is 7.83. The lowest BCUT2D eigenvalue weighted by atomic mass is 11.0. The molecule has 1 unspecified atom stereocenters. The van der Waals surface area contributed by atoms with Gasteiger partial charge < -0.3 is 0 Å². The Morgan fingerprint density at radius 3 is 2.50 bits per heavy atom. The molecule has 0 bridgehead atoms. The molecular formula is C3H7NOS. The van der Waals surface area contributed by atoms with Crippen molar-refractivity contribution in [3.05, 3.63) is 0 Å². The zero-order valence-electron chi connectivity index (χ0n) is 3.68. The first kappa shape index (κ1) is 5.82.